The first-order chi connectivity index (χ1) is 12.2. The van der Waals surface area contributed by atoms with Crippen LogP contribution in [0.3, 0.4) is 0 Å². The van der Waals surface area contributed by atoms with E-state index in [1.165, 1.54) is 18.4 Å². The van der Waals surface area contributed by atoms with Crippen LogP contribution in [0.1, 0.15) is 56.9 Å². The number of hydrogen-bond acceptors (Lipinski definition) is 2. The first-order valence-corrected chi connectivity index (χ1v) is 9.84. The molecule has 2 aliphatic carbocycles. The fourth-order valence-corrected chi connectivity index (χ4v) is 4.13. The number of benzene rings is 1. The number of hydrogen-bond donors (Lipinski definition) is 2. The molecule has 0 spiro atoms. The van der Waals surface area contributed by atoms with Gasteiger partial charge in [-0.25, -0.2) is 0 Å². The van der Waals surface area contributed by atoms with Crippen LogP contribution in [0.2, 0.25) is 0 Å². The lowest BCUT2D eigenvalue weighted by Gasteiger charge is -2.29. The summed E-state index contributed by atoms with van der Waals surface area (Å²) in [5.74, 6) is 0.763. The highest BCUT2D eigenvalue weighted by Crippen LogP contribution is 2.27. The number of carbonyl (C=O) groups excluding carboxylic acids is 2. The molecule has 0 saturated heterocycles. The van der Waals surface area contributed by atoms with E-state index in [4.69, 9.17) is 0 Å². The molecule has 2 N–H and O–H groups in total. The van der Waals surface area contributed by atoms with Gasteiger partial charge in [-0.15, -0.1) is 0 Å². The Bertz CT molecular complexity index is 559. The van der Waals surface area contributed by atoms with Crippen molar-refractivity contribution >= 4 is 11.8 Å². The largest absolute Gasteiger partial charge is 0.356 e. The van der Waals surface area contributed by atoms with Gasteiger partial charge in [-0.2, -0.15) is 0 Å². The predicted octanol–water partition coefficient (Wildman–Crippen LogP) is 3.21. The molecule has 2 amide bonds. The summed E-state index contributed by atoms with van der Waals surface area (Å²) in [6.07, 6.45) is 8.96. The summed E-state index contributed by atoms with van der Waals surface area (Å²) in [7, 11) is 0. The van der Waals surface area contributed by atoms with Crippen molar-refractivity contribution in [3.63, 3.8) is 0 Å². The van der Waals surface area contributed by atoms with Gasteiger partial charge in [0.1, 0.15) is 0 Å². The number of rotatable bonds is 6. The Morgan fingerprint density at radius 3 is 2.16 bits per heavy atom. The molecule has 3 rings (SSSR count). The second-order valence-corrected chi connectivity index (χ2v) is 7.57. The molecule has 2 fully saturated rings. The lowest BCUT2D eigenvalue weighted by molar-refractivity contribution is -0.126. The summed E-state index contributed by atoms with van der Waals surface area (Å²) in [5.41, 5.74) is 1.25. The molecular weight excluding hydrogens is 312 g/mol. The maximum absolute atomic E-state index is 12.3. The van der Waals surface area contributed by atoms with E-state index in [-0.39, 0.29) is 29.7 Å². The third kappa shape index (κ3) is 5.32. The molecule has 0 bridgehead atoms. The van der Waals surface area contributed by atoms with Gasteiger partial charge in [0.2, 0.25) is 11.8 Å². The highest BCUT2D eigenvalue weighted by atomic mass is 16.2. The number of amides is 2. The van der Waals surface area contributed by atoms with Crippen LogP contribution in [-0.2, 0) is 16.0 Å². The molecule has 0 aromatic heterocycles. The SMILES string of the molecule is O=C(NCCc1ccccc1)C1CCC(NC(=O)C2CCCC2)CC1. The Morgan fingerprint density at radius 1 is 0.840 bits per heavy atom. The smallest absolute Gasteiger partial charge is 0.223 e. The normalized spacial score (nSPS) is 24.0. The molecule has 0 radical (unpaired) electrons. The zero-order valence-corrected chi connectivity index (χ0v) is 15.0. The van der Waals surface area contributed by atoms with Crippen LogP contribution in [0.25, 0.3) is 0 Å². The van der Waals surface area contributed by atoms with E-state index in [9.17, 15) is 9.59 Å². The quantitative estimate of drug-likeness (QED) is 0.834. The van der Waals surface area contributed by atoms with Gasteiger partial charge in [-0.1, -0.05) is 43.2 Å². The molecule has 4 nitrogen and oxygen atoms in total. The van der Waals surface area contributed by atoms with Crippen molar-refractivity contribution in [2.75, 3.05) is 6.54 Å². The molecule has 2 saturated carbocycles. The topological polar surface area (TPSA) is 58.2 Å². The Kier molecular flexibility index (Phi) is 6.48. The highest BCUT2D eigenvalue weighted by molar-refractivity contribution is 5.80. The zero-order valence-electron chi connectivity index (χ0n) is 15.0. The fraction of sp³-hybridized carbons (Fsp3) is 0.619. The third-order valence-corrected chi connectivity index (χ3v) is 5.73. The summed E-state index contributed by atoms with van der Waals surface area (Å²) in [6, 6.07) is 10.5. The van der Waals surface area contributed by atoms with Crippen molar-refractivity contribution in [3.8, 4) is 0 Å². The molecule has 1 aromatic rings. The second-order valence-electron chi connectivity index (χ2n) is 7.57. The molecule has 0 unspecified atom stereocenters. The maximum atomic E-state index is 12.3. The van der Waals surface area contributed by atoms with E-state index in [0.29, 0.717) is 6.54 Å². The van der Waals surface area contributed by atoms with Crippen LogP contribution in [0, 0.1) is 11.8 Å². The zero-order chi connectivity index (χ0) is 17.5. The summed E-state index contributed by atoms with van der Waals surface area (Å²) in [4.78, 5) is 24.5. The Balaban J connectivity index is 1.33. The minimum Gasteiger partial charge on any atom is -0.356 e. The molecule has 25 heavy (non-hydrogen) atoms. The molecule has 2 aliphatic rings. The van der Waals surface area contributed by atoms with E-state index in [2.05, 4.69) is 22.8 Å². The minimum atomic E-state index is 0.107. The van der Waals surface area contributed by atoms with Gasteiger partial charge < -0.3 is 10.6 Å². The Labute approximate surface area is 150 Å². The number of carbonyl (C=O) groups is 2. The fourth-order valence-electron chi connectivity index (χ4n) is 4.13. The first kappa shape index (κ1) is 18.0. The van der Waals surface area contributed by atoms with Crippen LogP contribution in [0.15, 0.2) is 30.3 Å². The molecule has 1 aromatic carbocycles. The standard InChI is InChI=1S/C21H30N2O2/c24-20(22-15-14-16-6-2-1-3-7-16)18-10-12-19(13-11-18)23-21(25)17-8-4-5-9-17/h1-3,6-7,17-19H,4-5,8-15H2,(H,22,24)(H,23,25). The molecule has 4 heteroatoms. The lowest BCUT2D eigenvalue weighted by atomic mass is 9.85. The van der Waals surface area contributed by atoms with E-state index < -0.39 is 0 Å². The first-order valence-electron chi connectivity index (χ1n) is 9.84. The minimum absolute atomic E-state index is 0.107. The van der Waals surface area contributed by atoms with Crippen LogP contribution >= 0.6 is 0 Å². The van der Waals surface area contributed by atoms with Crippen molar-refractivity contribution in [1.82, 2.24) is 10.6 Å². The van der Waals surface area contributed by atoms with Crippen LogP contribution in [0.4, 0.5) is 0 Å². The Hall–Kier alpha value is -1.84. The van der Waals surface area contributed by atoms with E-state index in [0.717, 1.165) is 44.9 Å². The van der Waals surface area contributed by atoms with Gasteiger partial charge in [-0.3, -0.25) is 9.59 Å². The lowest BCUT2D eigenvalue weighted by Crippen LogP contribution is -2.42. The molecule has 0 heterocycles. The average molecular weight is 342 g/mol. The Morgan fingerprint density at radius 2 is 1.48 bits per heavy atom. The maximum Gasteiger partial charge on any atom is 0.223 e. The highest BCUT2D eigenvalue weighted by Gasteiger charge is 2.29. The predicted molar refractivity (Wildman–Crippen MR) is 99.0 cm³/mol. The van der Waals surface area contributed by atoms with E-state index in [1.54, 1.807) is 0 Å². The van der Waals surface area contributed by atoms with Gasteiger partial charge in [-0.05, 0) is 50.5 Å². The van der Waals surface area contributed by atoms with Crippen LogP contribution in [0.5, 0.6) is 0 Å². The molecule has 0 atom stereocenters. The van der Waals surface area contributed by atoms with Crippen molar-refractivity contribution in [1.29, 1.82) is 0 Å². The molecule has 136 valence electrons. The van der Waals surface area contributed by atoms with Gasteiger partial charge in [0.25, 0.3) is 0 Å². The summed E-state index contributed by atoms with van der Waals surface area (Å²) < 4.78 is 0. The third-order valence-electron chi connectivity index (χ3n) is 5.73. The van der Waals surface area contributed by atoms with Gasteiger partial charge in [0.15, 0.2) is 0 Å². The molecule has 0 aliphatic heterocycles. The van der Waals surface area contributed by atoms with Gasteiger partial charge in [0, 0.05) is 24.4 Å². The van der Waals surface area contributed by atoms with Gasteiger partial charge >= 0.3 is 0 Å². The summed E-state index contributed by atoms with van der Waals surface area (Å²) >= 11 is 0. The summed E-state index contributed by atoms with van der Waals surface area (Å²) in [5, 5.41) is 6.29. The average Bonchev–Trinajstić information content (AvgIpc) is 3.18. The van der Waals surface area contributed by atoms with E-state index in [1.807, 2.05) is 18.2 Å². The van der Waals surface area contributed by atoms with E-state index >= 15 is 0 Å². The second kappa shape index (κ2) is 9.02. The van der Waals surface area contributed by atoms with Crippen LogP contribution in [-0.4, -0.2) is 24.4 Å². The monoisotopic (exact) mass is 342 g/mol. The number of nitrogens with one attached hydrogen (secondary N) is 2. The summed E-state index contributed by atoms with van der Waals surface area (Å²) in [6.45, 7) is 0.696. The van der Waals surface area contributed by atoms with Crippen molar-refractivity contribution in [3.05, 3.63) is 35.9 Å². The molecular formula is C21H30N2O2. The van der Waals surface area contributed by atoms with Crippen molar-refractivity contribution < 1.29 is 9.59 Å². The van der Waals surface area contributed by atoms with Crippen molar-refractivity contribution in [2.45, 2.75) is 63.8 Å². The van der Waals surface area contributed by atoms with Crippen molar-refractivity contribution in [2.24, 2.45) is 11.8 Å². The van der Waals surface area contributed by atoms with Crippen LogP contribution < -0.4 is 10.6 Å². The van der Waals surface area contributed by atoms with Gasteiger partial charge in [0.05, 0.1) is 0 Å².